The summed E-state index contributed by atoms with van der Waals surface area (Å²) in [7, 11) is 0. The Bertz CT molecular complexity index is 900. The molecule has 122 valence electrons. The first kappa shape index (κ1) is 14.9. The maximum atomic E-state index is 13.3. The summed E-state index contributed by atoms with van der Waals surface area (Å²) in [5.41, 5.74) is 1.46. The molecule has 0 amide bonds. The summed E-state index contributed by atoms with van der Waals surface area (Å²) in [5, 5.41) is 8.78. The smallest absolute Gasteiger partial charge is 0.259 e. The summed E-state index contributed by atoms with van der Waals surface area (Å²) in [6.07, 6.45) is 2.21. The monoisotopic (exact) mass is 328 g/mol. The number of hydrogen-bond acceptors (Lipinski definition) is 4. The van der Waals surface area contributed by atoms with Gasteiger partial charge in [-0.05, 0) is 31.9 Å². The Kier molecular flexibility index (Phi) is 3.07. The third-order valence-electron chi connectivity index (χ3n) is 5.11. The molecule has 7 heteroatoms. The number of fused-ring (bicyclic) bond motifs is 1. The normalized spacial score (nSPS) is 26.7. The molecule has 5 nitrogen and oxygen atoms in total. The lowest BCUT2D eigenvalue weighted by atomic mass is 10.0. The van der Waals surface area contributed by atoms with Crippen LogP contribution in [0.4, 0.5) is 8.78 Å². The van der Waals surface area contributed by atoms with Crippen LogP contribution in [0.15, 0.2) is 23.1 Å². The molecular weight excluding hydrogens is 314 g/mol. The Morgan fingerprint density at radius 1 is 1.33 bits per heavy atom. The molecule has 2 saturated carbocycles. The molecule has 2 aromatic heterocycles. The summed E-state index contributed by atoms with van der Waals surface area (Å²) in [6, 6.07) is 5.11. The van der Waals surface area contributed by atoms with Crippen LogP contribution in [0, 0.1) is 30.1 Å². The maximum absolute atomic E-state index is 13.3. The number of aromatic nitrogens is 3. The van der Waals surface area contributed by atoms with Gasteiger partial charge in [0.2, 0.25) is 0 Å². The van der Waals surface area contributed by atoms with Crippen molar-refractivity contribution in [2.45, 2.75) is 31.6 Å². The number of pyridine rings is 1. The van der Waals surface area contributed by atoms with Gasteiger partial charge in [0.1, 0.15) is 17.6 Å². The number of rotatable bonds is 2. The van der Waals surface area contributed by atoms with Gasteiger partial charge in [-0.2, -0.15) is 5.26 Å². The van der Waals surface area contributed by atoms with Crippen LogP contribution in [-0.4, -0.2) is 20.9 Å². The van der Waals surface area contributed by atoms with Crippen LogP contribution >= 0.6 is 0 Å². The second-order valence-corrected chi connectivity index (χ2v) is 6.51. The van der Waals surface area contributed by atoms with E-state index in [1.165, 1.54) is 12.3 Å². The van der Waals surface area contributed by atoms with Crippen LogP contribution in [0.1, 0.15) is 36.0 Å². The number of nitriles is 1. The van der Waals surface area contributed by atoms with E-state index in [9.17, 15) is 13.6 Å². The average molecular weight is 328 g/mol. The van der Waals surface area contributed by atoms with Crippen molar-refractivity contribution >= 4 is 0 Å². The predicted molar refractivity (Wildman–Crippen MR) is 81.4 cm³/mol. The van der Waals surface area contributed by atoms with E-state index in [1.807, 2.05) is 6.07 Å². The van der Waals surface area contributed by atoms with Gasteiger partial charge in [-0.25, -0.2) is 18.7 Å². The molecule has 2 aliphatic carbocycles. The van der Waals surface area contributed by atoms with Gasteiger partial charge in [-0.1, -0.05) is 0 Å². The van der Waals surface area contributed by atoms with E-state index in [1.54, 1.807) is 13.0 Å². The molecule has 2 fully saturated rings. The van der Waals surface area contributed by atoms with Gasteiger partial charge in [-0.3, -0.25) is 4.79 Å². The minimum absolute atomic E-state index is 0.112. The van der Waals surface area contributed by atoms with E-state index >= 15 is 0 Å². The number of alkyl halides is 2. The van der Waals surface area contributed by atoms with Crippen molar-refractivity contribution in [3.8, 4) is 17.2 Å². The van der Waals surface area contributed by atoms with E-state index in [0.29, 0.717) is 35.5 Å². The number of aromatic amines is 1. The summed E-state index contributed by atoms with van der Waals surface area (Å²) in [6.45, 7) is 1.72. The molecule has 2 atom stereocenters. The molecule has 0 spiro atoms. The first-order valence-corrected chi connectivity index (χ1v) is 7.77. The fourth-order valence-electron chi connectivity index (χ4n) is 3.78. The third-order valence-corrected chi connectivity index (χ3v) is 5.11. The molecule has 0 bridgehead atoms. The standard InChI is InChI=1S/C17H14F2N4O/c1-8-14(9-2-3-11(6-20)21-7-9)16(24)23-15(22-8)10-4-12-13(5-10)17(12,18)19/h2-3,7,10,12-13H,4-5H2,1H3,(H,22,23,24). The lowest BCUT2D eigenvalue weighted by Gasteiger charge is -2.15. The molecule has 2 unspecified atom stereocenters. The van der Waals surface area contributed by atoms with Crippen molar-refractivity contribution in [1.82, 2.24) is 15.0 Å². The molecule has 0 saturated heterocycles. The molecule has 0 aliphatic heterocycles. The molecule has 2 aliphatic rings. The van der Waals surface area contributed by atoms with Gasteiger partial charge < -0.3 is 4.98 Å². The van der Waals surface area contributed by atoms with Crippen molar-refractivity contribution in [2.24, 2.45) is 11.8 Å². The minimum atomic E-state index is -2.53. The van der Waals surface area contributed by atoms with E-state index in [-0.39, 0.29) is 17.2 Å². The number of aryl methyl sites for hydroxylation is 1. The summed E-state index contributed by atoms with van der Waals surface area (Å²) in [5.74, 6) is -3.27. The second-order valence-electron chi connectivity index (χ2n) is 6.51. The fourth-order valence-corrected chi connectivity index (χ4v) is 3.78. The Morgan fingerprint density at radius 3 is 2.58 bits per heavy atom. The Labute approximate surface area is 136 Å². The Balaban J connectivity index is 1.65. The summed E-state index contributed by atoms with van der Waals surface area (Å²) >= 11 is 0. The van der Waals surface area contributed by atoms with Crippen molar-refractivity contribution in [2.75, 3.05) is 0 Å². The highest BCUT2D eigenvalue weighted by atomic mass is 19.3. The predicted octanol–water partition coefficient (Wildman–Crippen LogP) is 2.77. The largest absolute Gasteiger partial charge is 0.310 e. The number of H-pyrrole nitrogens is 1. The molecule has 0 aromatic carbocycles. The average Bonchev–Trinajstić information content (AvgIpc) is 2.91. The zero-order valence-corrected chi connectivity index (χ0v) is 12.9. The van der Waals surface area contributed by atoms with Crippen molar-refractivity contribution in [1.29, 1.82) is 5.26 Å². The summed E-state index contributed by atoms with van der Waals surface area (Å²) in [4.78, 5) is 23.6. The highest BCUT2D eigenvalue weighted by Crippen LogP contribution is 2.67. The fraction of sp³-hybridized carbons (Fsp3) is 0.412. The van der Waals surface area contributed by atoms with Crippen LogP contribution in [-0.2, 0) is 0 Å². The topological polar surface area (TPSA) is 82.4 Å². The highest BCUT2D eigenvalue weighted by molar-refractivity contribution is 5.64. The van der Waals surface area contributed by atoms with Gasteiger partial charge in [0, 0.05) is 29.5 Å². The van der Waals surface area contributed by atoms with Crippen molar-refractivity contribution in [3.05, 3.63) is 45.9 Å². The number of nitrogens with zero attached hydrogens (tertiary/aromatic N) is 3. The first-order chi connectivity index (χ1) is 11.4. The third kappa shape index (κ3) is 2.13. The minimum Gasteiger partial charge on any atom is -0.310 e. The van der Waals surface area contributed by atoms with E-state index < -0.39 is 17.8 Å². The Morgan fingerprint density at radius 2 is 2.04 bits per heavy atom. The molecule has 2 heterocycles. The molecule has 4 rings (SSSR count). The number of halogens is 2. The Hall–Kier alpha value is -2.62. The number of hydrogen-bond donors (Lipinski definition) is 1. The van der Waals surface area contributed by atoms with E-state index in [4.69, 9.17) is 5.26 Å². The van der Waals surface area contributed by atoms with Crippen LogP contribution in [0.25, 0.3) is 11.1 Å². The SMILES string of the molecule is Cc1nc(C2CC3C(C2)C3(F)F)[nH]c(=O)c1-c1ccc(C#N)nc1. The van der Waals surface area contributed by atoms with Crippen LogP contribution in [0.2, 0.25) is 0 Å². The molecule has 24 heavy (non-hydrogen) atoms. The molecular formula is C17H14F2N4O. The lowest BCUT2D eigenvalue weighted by molar-refractivity contribution is 0.0690. The van der Waals surface area contributed by atoms with Gasteiger partial charge in [0.25, 0.3) is 11.5 Å². The zero-order chi connectivity index (χ0) is 17.1. The van der Waals surface area contributed by atoms with Gasteiger partial charge >= 0.3 is 0 Å². The van der Waals surface area contributed by atoms with Crippen LogP contribution in [0.5, 0.6) is 0 Å². The van der Waals surface area contributed by atoms with E-state index in [2.05, 4.69) is 15.0 Å². The number of nitrogens with one attached hydrogen (secondary N) is 1. The van der Waals surface area contributed by atoms with Gasteiger partial charge in [0.15, 0.2) is 0 Å². The highest BCUT2D eigenvalue weighted by Gasteiger charge is 2.71. The molecule has 0 radical (unpaired) electrons. The lowest BCUT2D eigenvalue weighted by Crippen LogP contribution is -2.19. The maximum Gasteiger partial charge on any atom is 0.259 e. The summed E-state index contributed by atoms with van der Waals surface area (Å²) < 4.78 is 26.6. The van der Waals surface area contributed by atoms with Gasteiger partial charge in [-0.15, -0.1) is 0 Å². The van der Waals surface area contributed by atoms with E-state index in [0.717, 1.165) is 0 Å². The van der Waals surface area contributed by atoms with Crippen molar-refractivity contribution < 1.29 is 8.78 Å². The first-order valence-electron chi connectivity index (χ1n) is 7.77. The quantitative estimate of drug-likeness (QED) is 0.919. The van der Waals surface area contributed by atoms with Crippen molar-refractivity contribution in [3.63, 3.8) is 0 Å². The molecule has 1 N–H and O–H groups in total. The zero-order valence-electron chi connectivity index (χ0n) is 12.9. The van der Waals surface area contributed by atoms with Crippen LogP contribution in [0.3, 0.4) is 0 Å². The second kappa shape index (κ2) is 4.94. The molecule has 2 aromatic rings. The van der Waals surface area contributed by atoms with Gasteiger partial charge in [0.05, 0.1) is 11.3 Å². The van der Waals surface area contributed by atoms with Crippen LogP contribution < -0.4 is 5.56 Å².